The molecule has 1 aliphatic heterocycles. The van der Waals surface area contributed by atoms with Crippen LogP contribution in [0.15, 0.2) is 30.6 Å². The van der Waals surface area contributed by atoms with E-state index in [9.17, 15) is 4.79 Å². The molecule has 0 aromatic carbocycles. The van der Waals surface area contributed by atoms with Crippen LogP contribution in [-0.4, -0.2) is 28.9 Å². The zero-order chi connectivity index (χ0) is 13.7. The third kappa shape index (κ3) is 1.91. The van der Waals surface area contributed by atoms with E-state index in [2.05, 4.69) is 10.6 Å². The van der Waals surface area contributed by atoms with Crippen LogP contribution in [0.2, 0.25) is 5.02 Å². The van der Waals surface area contributed by atoms with Gasteiger partial charge in [-0.15, -0.1) is 0 Å². The molecule has 2 N–H and O–H groups in total. The summed E-state index contributed by atoms with van der Waals surface area (Å²) in [6.45, 7) is 1.03. The topological polar surface area (TPSA) is 45.5 Å². The van der Waals surface area contributed by atoms with Gasteiger partial charge in [-0.05, 0) is 37.0 Å². The fraction of sp³-hybridized carbons (Fsp3) is 0.400. The lowest BCUT2D eigenvalue weighted by atomic mass is 10.0. The lowest BCUT2D eigenvalue weighted by Gasteiger charge is -2.23. The number of amides is 1. The Hall–Kier alpha value is -1.52. The zero-order valence-electron chi connectivity index (χ0n) is 11.0. The molecule has 104 valence electrons. The maximum Gasteiger partial charge on any atom is 0.251 e. The minimum atomic E-state index is 0.00215. The molecule has 0 spiro atoms. The van der Waals surface area contributed by atoms with Gasteiger partial charge < -0.3 is 15.0 Å². The van der Waals surface area contributed by atoms with Crippen molar-refractivity contribution < 1.29 is 4.79 Å². The van der Waals surface area contributed by atoms with Crippen molar-refractivity contribution in [3.8, 4) is 0 Å². The molecule has 2 aromatic rings. The van der Waals surface area contributed by atoms with Crippen molar-refractivity contribution in [2.75, 3.05) is 6.54 Å². The van der Waals surface area contributed by atoms with Crippen LogP contribution in [0.3, 0.4) is 0 Å². The summed E-state index contributed by atoms with van der Waals surface area (Å²) >= 11 is 6.11. The summed E-state index contributed by atoms with van der Waals surface area (Å²) in [5.74, 6) is 0.590. The number of aromatic nitrogens is 1. The lowest BCUT2D eigenvalue weighted by molar-refractivity contribution is 0.0925. The number of halogens is 1. The van der Waals surface area contributed by atoms with Crippen molar-refractivity contribution >= 4 is 23.0 Å². The van der Waals surface area contributed by atoms with Gasteiger partial charge in [0.1, 0.15) is 0 Å². The molecule has 1 saturated carbocycles. The molecule has 0 radical (unpaired) electrons. The first-order valence-electron chi connectivity index (χ1n) is 7.01. The second-order valence-corrected chi connectivity index (χ2v) is 6.20. The largest absolute Gasteiger partial charge is 0.349 e. The van der Waals surface area contributed by atoms with Gasteiger partial charge in [0.2, 0.25) is 0 Å². The molecule has 3 heterocycles. The summed E-state index contributed by atoms with van der Waals surface area (Å²) in [6.07, 6.45) is 6.00. The van der Waals surface area contributed by atoms with Crippen LogP contribution in [0.5, 0.6) is 0 Å². The number of fused-ring (bicyclic) bond motifs is 3. The molecule has 1 saturated heterocycles. The van der Waals surface area contributed by atoms with Gasteiger partial charge in [0, 0.05) is 36.6 Å². The van der Waals surface area contributed by atoms with Crippen molar-refractivity contribution in [2.24, 2.45) is 5.92 Å². The normalized spacial score (nSPS) is 28.1. The van der Waals surface area contributed by atoms with E-state index in [0.29, 0.717) is 28.6 Å². The second kappa shape index (κ2) is 4.50. The molecule has 3 atom stereocenters. The van der Waals surface area contributed by atoms with Gasteiger partial charge in [0.25, 0.3) is 5.91 Å². The van der Waals surface area contributed by atoms with Crippen LogP contribution in [0.1, 0.15) is 23.2 Å². The van der Waals surface area contributed by atoms with E-state index in [4.69, 9.17) is 11.6 Å². The number of nitrogens with zero attached hydrogens (tertiary/aromatic N) is 1. The van der Waals surface area contributed by atoms with Gasteiger partial charge in [-0.25, -0.2) is 0 Å². The highest BCUT2D eigenvalue weighted by Gasteiger charge is 2.40. The first kappa shape index (κ1) is 12.2. The molecule has 20 heavy (non-hydrogen) atoms. The van der Waals surface area contributed by atoms with E-state index in [1.54, 1.807) is 0 Å². The minimum absolute atomic E-state index is 0.00215. The highest BCUT2D eigenvalue weighted by molar-refractivity contribution is 6.34. The fourth-order valence-corrected chi connectivity index (χ4v) is 3.68. The van der Waals surface area contributed by atoms with Crippen molar-refractivity contribution in [1.82, 2.24) is 15.0 Å². The van der Waals surface area contributed by atoms with E-state index >= 15 is 0 Å². The second-order valence-electron chi connectivity index (χ2n) is 5.79. The van der Waals surface area contributed by atoms with Gasteiger partial charge in [0.15, 0.2) is 0 Å². The van der Waals surface area contributed by atoms with Crippen molar-refractivity contribution in [1.29, 1.82) is 0 Å². The van der Waals surface area contributed by atoms with Gasteiger partial charge in [-0.1, -0.05) is 11.6 Å². The smallest absolute Gasteiger partial charge is 0.251 e. The summed E-state index contributed by atoms with van der Waals surface area (Å²) in [6, 6.07) is 6.42. The number of carbonyl (C=O) groups is 1. The molecule has 2 bridgehead atoms. The van der Waals surface area contributed by atoms with E-state index < -0.39 is 0 Å². The Bertz CT molecular complexity index is 681. The molecule has 4 rings (SSSR count). The van der Waals surface area contributed by atoms with Gasteiger partial charge >= 0.3 is 0 Å². The number of nitrogens with one attached hydrogen (secondary N) is 2. The molecule has 1 aliphatic carbocycles. The number of rotatable bonds is 2. The highest BCUT2D eigenvalue weighted by atomic mass is 35.5. The summed E-state index contributed by atoms with van der Waals surface area (Å²) in [4.78, 5) is 12.4. The molecule has 3 unspecified atom stereocenters. The first-order chi connectivity index (χ1) is 9.70. The molecule has 1 amide bonds. The van der Waals surface area contributed by atoms with E-state index in [-0.39, 0.29) is 5.91 Å². The third-order valence-corrected chi connectivity index (χ3v) is 4.87. The van der Waals surface area contributed by atoms with Crippen LogP contribution in [0.4, 0.5) is 0 Å². The van der Waals surface area contributed by atoms with Crippen LogP contribution < -0.4 is 10.6 Å². The van der Waals surface area contributed by atoms with Crippen molar-refractivity contribution in [3.05, 3.63) is 41.2 Å². The fourth-order valence-electron chi connectivity index (χ4n) is 3.47. The van der Waals surface area contributed by atoms with Gasteiger partial charge in [-0.3, -0.25) is 4.79 Å². The minimum Gasteiger partial charge on any atom is -0.349 e. The Balaban J connectivity index is 1.56. The van der Waals surface area contributed by atoms with Gasteiger partial charge in [-0.2, -0.15) is 0 Å². The summed E-state index contributed by atoms with van der Waals surface area (Å²) < 4.78 is 1.92. The molecule has 5 heteroatoms. The van der Waals surface area contributed by atoms with E-state index in [0.717, 1.165) is 18.5 Å². The molecule has 2 aliphatic rings. The summed E-state index contributed by atoms with van der Waals surface area (Å²) in [5.41, 5.74) is 1.54. The summed E-state index contributed by atoms with van der Waals surface area (Å²) in [7, 11) is 0. The Morgan fingerprint density at radius 1 is 1.35 bits per heavy atom. The van der Waals surface area contributed by atoms with Crippen LogP contribution in [0.25, 0.3) is 5.52 Å². The van der Waals surface area contributed by atoms with Crippen LogP contribution in [0, 0.1) is 5.92 Å². The number of hydrogen-bond acceptors (Lipinski definition) is 2. The molecule has 2 aromatic heterocycles. The molecular formula is C15H16ClN3O. The van der Waals surface area contributed by atoms with Crippen molar-refractivity contribution in [3.63, 3.8) is 0 Å². The van der Waals surface area contributed by atoms with Crippen LogP contribution in [-0.2, 0) is 0 Å². The molecule has 2 fully saturated rings. The number of carbonyl (C=O) groups excluding carboxylic acids is 1. The average molecular weight is 290 g/mol. The average Bonchev–Trinajstić information content (AvgIpc) is 3.15. The maximum atomic E-state index is 12.4. The van der Waals surface area contributed by atoms with Crippen molar-refractivity contribution in [2.45, 2.75) is 24.9 Å². The standard InChI is InChI=1S/C15H16ClN3O/c16-12-2-4-19-3-1-9(6-14(12)19)15(20)18-13-7-11-5-10(13)8-17-11/h1-4,6,10-11,13,17H,5,7-8H2,(H,18,20). The summed E-state index contributed by atoms with van der Waals surface area (Å²) in [5, 5.41) is 7.30. The predicted molar refractivity (Wildman–Crippen MR) is 78.2 cm³/mol. The van der Waals surface area contributed by atoms with Gasteiger partial charge in [0.05, 0.1) is 10.5 Å². The monoisotopic (exact) mass is 289 g/mol. The zero-order valence-corrected chi connectivity index (χ0v) is 11.7. The quantitative estimate of drug-likeness (QED) is 0.889. The Morgan fingerprint density at radius 2 is 2.20 bits per heavy atom. The Labute approximate surface area is 122 Å². The SMILES string of the molecule is O=C(NC1CC2CC1CN2)c1ccn2ccc(Cl)c2c1. The highest BCUT2D eigenvalue weighted by Crippen LogP contribution is 2.31. The first-order valence-corrected chi connectivity index (χ1v) is 7.39. The lowest BCUT2D eigenvalue weighted by Crippen LogP contribution is -2.44. The van der Waals surface area contributed by atoms with Crippen LogP contribution >= 0.6 is 11.6 Å². The number of hydrogen-bond donors (Lipinski definition) is 2. The Morgan fingerprint density at radius 3 is 2.95 bits per heavy atom. The molecule has 4 nitrogen and oxygen atoms in total. The number of pyridine rings is 1. The Kier molecular flexibility index (Phi) is 2.75. The third-order valence-electron chi connectivity index (χ3n) is 4.55. The number of piperidine rings is 1. The van der Waals surface area contributed by atoms with E-state index in [1.165, 1.54) is 6.42 Å². The maximum absolute atomic E-state index is 12.4. The predicted octanol–water partition coefficient (Wildman–Crippen LogP) is 2.07. The molecular weight excluding hydrogens is 274 g/mol. The van der Waals surface area contributed by atoms with E-state index in [1.807, 2.05) is 35.0 Å².